The smallest absolute Gasteiger partial charge is 0.321 e. The van der Waals surface area contributed by atoms with Gasteiger partial charge >= 0.3 is 6.03 Å². The maximum absolute atomic E-state index is 12.3. The number of rotatable bonds is 3. The second kappa shape index (κ2) is 5.45. The summed E-state index contributed by atoms with van der Waals surface area (Å²) in [6.45, 7) is 0.480. The number of anilines is 1. The molecule has 1 atom stereocenters. The fourth-order valence-electron chi connectivity index (χ4n) is 2.91. The van der Waals surface area contributed by atoms with Gasteiger partial charge in [0.05, 0.1) is 5.25 Å². The van der Waals surface area contributed by atoms with E-state index in [0.29, 0.717) is 35.7 Å². The van der Waals surface area contributed by atoms with Crippen molar-refractivity contribution >= 4 is 32.8 Å². The number of amides is 2. The van der Waals surface area contributed by atoms with Crippen LogP contribution in [-0.4, -0.2) is 42.7 Å². The first-order valence-corrected chi connectivity index (χ1v) is 9.49. The van der Waals surface area contributed by atoms with E-state index in [9.17, 15) is 13.2 Å². The van der Waals surface area contributed by atoms with E-state index in [4.69, 9.17) is 9.56 Å². The Morgan fingerprint density at radius 1 is 1.33 bits per heavy atom. The van der Waals surface area contributed by atoms with Crippen LogP contribution in [0.4, 0.5) is 10.5 Å². The zero-order valence-electron chi connectivity index (χ0n) is 12.9. The van der Waals surface area contributed by atoms with E-state index in [1.165, 1.54) is 4.90 Å². The summed E-state index contributed by atoms with van der Waals surface area (Å²) in [5.41, 5.74) is 2.01. The number of likely N-dealkylation sites (tertiary alicyclic amines) is 1. The lowest BCUT2D eigenvalue weighted by Crippen LogP contribution is -2.36. The monoisotopic (exact) mass is 350 g/mol. The number of sulfonamides is 1. The molecule has 128 valence electrons. The molecule has 2 aromatic rings. The van der Waals surface area contributed by atoms with Crippen LogP contribution in [-0.2, 0) is 10.0 Å². The fraction of sp³-hybridized carbons (Fsp3) is 0.467. The maximum Gasteiger partial charge on any atom is 0.321 e. The minimum atomic E-state index is -3.61. The third-order valence-corrected chi connectivity index (χ3v) is 5.79. The number of oxazole rings is 1. The second-order valence-corrected chi connectivity index (χ2v) is 8.23. The molecular weight excluding hydrogens is 332 g/mol. The van der Waals surface area contributed by atoms with Gasteiger partial charge in [-0.3, -0.25) is 0 Å². The topological polar surface area (TPSA) is 119 Å². The van der Waals surface area contributed by atoms with Crippen LogP contribution < -0.4 is 10.5 Å². The number of hydrogen-bond acceptors (Lipinski definition) is 5. The molecule has 1 aliphatic heterocycles. The van der Waals surface area contributed by atoms with Crippen molar-refractivity contribution in [3.05, 3.63) is 24.1 Å². The van der Waals surface area contributed by atoms with E-state index >= 15 is 0 Å². The molecule has 2 fully saturated rings. The number of benzene rings is 1. The van der Waals surface area contributed by atoms with Crippen molar-refractivity contribution in [2.45, 2.75) is 30.4 Å². The largest absolute Gasteiger partial charge is 0.440 e. The van der Waals surface area contributed by atoms with Crippen molar-refractivity contribution in [3.63, 3.8) is 0 Å². The quantitative estimate of drug-likeness (QED) is 0.871. The lowest BCUT2D eigenvalue weighted by Gasteiger charge is -2.16. The van der Waals surface area contributed by atoms with Crippen LogP contribution in [0, 0.1) is 0 Å². The number of fused-ring (bicyclic) bond motifs is 1. The Labute approximate surface area is 139 Å². The molecule has 1 unspecified atom stereocenters. The zero-order chi connectivity index (χ0) is 16.9. The number of hydrogen-bond donors (Lipinski definition) is 2. The van der Waals surface area contributed by atoms with Gasteiger partial charge in [-0.25, -0.2) is 23.3 Å². The van der Waals surface area contributed by atoms with Gasteiger partial charge < -0.3 is 14.6 Å². The molecule has 1 saturated heterocycles. The van der Waals surface area contributed by atoms with Gasteiger partial charge in [0.2, 0.25) is 10.0 Å². The van der Waals surface area contributed by atoms with Crippen LogP contribution in [0.5, 0.6) is 0 Å². The van der Waals surface area contributed by atoms with Gasteiger partial charge in [0.25, 0.3) is 0 Å². The van der Waals surface area contributed by atoms with E-state index in [1.54, 1.807) is 18.2 Å². The number of aromatic nitrogens is 1. The third kappa shape index (κ3) is 2.96. The summed E-state index contributed by atoms with van der Waals surface area (Å²) >= 11 is 0. The first-order valence-electron chi connectivity index (χ1n) is 7.88. The Bertz CT molecular complexity index is 903. The number of nitrogens with one attached hydrogen (secondary N) is 1. The van der Waals surface area contributed by atoms with E-state index in [0.717, 1.165) is 18.7 Å². The molecule has 8 nitrogen and oxygen atoms in total. The Kier molecular flexibility index (Phi) is 3.50. The molecular formula is C15H18N4O4S. The Morgan fingerprint density at radius 2 is 2.12 bits per heavy atom. The van der Waals surface area contributed by atoms with Crippen molar-refractivity contribution in [1.82, 2.24) is 9.88 Å². The molecule has 0 radical (unpaired) electrons. The molecule has 0 spiro atoms. The lowest BCUT2D eigenvalue weighted by molar-refractivity contribution is 0.222. The third-order valence-electron chi connectivity index (χ3n) is 4.48. The standard InChI is InChI=1S/C15H18N4O4S/c16-24(21,22)11-5-6-19(8-11)15(20)17-10-3-4-13-12(7-10)18-14(23-13)9-1-2-9/h3-4,7,9,11H,1-2,5-6,8H2,(H,17,20)(H2,16,21,22). The highest BCUT2D eigenvalue weighted by molar-refractivity contribution is 7.89. The molecule has 2 amide bonds. The molecule has 1 aromatic carbocycles. The summed E-state index contributed by atoms with van der Waals surface area (Å²) < 4.78 is 28.4. The first-order chi connectivity index (χ1) is 11.4. The van der Waals surface area contributed by atoms with E-state index in [1.807, 2.05) is 0 Å². The number of nitrogens with zero attached hydrogens (tertiary/aromatic N) is 2. The average molecular weight is 350 g/mol. The molecule has 1 aliphatic carbocycles. The zero-order valence-corrected chi connectivity index (χ0v) is 13.8. The van der Waals surface area contributed by atoms with E-state index in [-0.39, 0.29) is 12.6 Å². The van der Waals surface area contributed by atoms with E-state index in [2.05, 4.69) is 10.3 Å². The van der Waals surface area contributed by atoms with Crippen LogP contribution in [0.15, 0.2) is 22.6 Å². The summed E-state index contributed by atoms with van der Waals surface area (Å²) in [6, 6.07) is 4.94. The Hall–Kier alpha value is -2.13. The first kappa shape index (κ1) is 15.4. The molecule has 2 aliphatic rings. The van der Waals surface area contributed by atoms with Crippen molar-refractivity contribution < 1.29 is 17.6 Å². The molecule has 9 heteroatoms. The van der Waals surface area contributed by atoms with Gasteiger partial charge in [-0.05, 0) is 37.5 Å². The second-order valence-electron chi connectivity index (χ2n) is 6.38. The fourth-order valence-corrected chi connectivity index (χ4v) is 3.73. The summed E-state index contributed by atoms with van der Waals surface area (Å²) in [7, 11) is -3.61. The van der Waals surface area contributed by atoms with E-state index < -0.39 is 15.3 Å². The average Bonchev–Trinajstić information content (AvgIpc) is 3.09. The SMILES string of the molecule is NS(=O)(=O)C1CCN(C(=O)Nc2ccc3oc(C4CC4)nc3c2)C1. The molecule has 3 N–H and O–H groups in total. The highest BCUT2D eigenvalue weighted by Crippen LogP contribution is 2.40. The van der Waals surface area contributed by atoms with Crippen LogP contribution in [0.1, 0.15) is 31.1 Å². The molecule has 0 bridgehead atoms. The molecule has 1 saturated carbocycles. The van der Waals surface area contributed by atoms with Gasteiger partial charge in [-0.2, -0.15) is 0 Å². The minimum Gasteiger partial charge on any atom is -0.440 e. The summed E-state index contributed by atoms with van der Waals surface area (Å²) in [5.74, 6) is 1.18. The van der Waals surface area contributed by atoms with Crippen molar-refractivity contribution in [2.24, 2.45) is 5.14 Å². The summed E-state index contributed by atoms with van der Waals surface area (Å²) in [4.78, 5) is 18.2. The van der Waals surface area contributed by atoms with Crippen molar-refractivity contribution in [2.75, 3.05) is 18.4 Å². The molecule has 24 heavy (non-hydrogen) atoms. The molecule has 4 rings (SSSR count). The highest BCUT2D eigenvalue weighted by atomic mass is 32.2. The summed E-state index contributed by atoms with van der Waals surface area (Å²) in [5, 5.41) is 7.22. The number of primary sulfonamides is 1. The number of carbonyl (C=O) groups excluding carboxylic acids is 1. The number of urea groups is 1. The van der Waals surface area contributed by atoms with Gasteiger partial charge in [0.15, 0.2) is 11.5 Å². The predicted molar refractivity (Wildman–Crippen MR) is 88.1 cm³/mol. The Morgan fingerprint density at radius 3 is 2.79 bits per heavy atom. The number of nitrogens with two attached hydrogens (primary N) is 1. The van der Waals surface area contributed by atoms with Crippen LogP contribution in [0.25, 0.3) is 11.1 Å². The predicted octanol–water partition coefficient (Wildman–Crippen LogP) is 1.60. The molecule has 1 aromatic heterocycles. The minimum absolute atomic E-state index is 0.114. The highest BCUT2D eigenvalue weighted by Gasteiger charge is 2.33. The lowest BCUT2D eigenvalue weighted by atomic mass is 10.3. The Balaban J connectivity index is 1.46. The van der Waals surface area contributed by atoms with Crippen LogP contribution in [0.3, 0.4) is 0 Å². The van der Waals surface area contributed by atoms with Crippen molar-refractivity contribution in [1.29, 1.82) is 0 Å². The van der Waals surface area contributed by atoms with Gasteiger partial charge in [0, 0.05) is 24.7 Å². The van der Waals surface area contributed by atoms with Gasteiger partial charge in [-0.1, -0.05) is 0 Å². The molecule has 2 heterocycles. The maximum atomic E-state index is 12.3. The van der Waals surface area contributed by atoms with Crippen LogP contribution in [0.2, 0.25) is 0 Å². The summed E-state index contributed by atoms with van der Waals surface area (Å²) in [6.07, 6.45) is 2.58. The normalized spacial score (nSPS) is 21.4. The van der Waals surface area contributed by atoms with Gasteiger partial charge in [-0.15, -0.1) is 0 Å². The van der Waals surface area contributed by atoms with Crippen LogP contribution >= 0.6 is 0 Å². The van der Waals surface area contributed by atoms with Gasteiger partial charge in [0.1, 0.15) is 5.52 Å². The number of carbonyl (C=O) groups is 1. The van der Waals surface area contributed by atoms with Crippen molar-refractivity contribution in [3.8, 4) is 0 Å².